The Morgan fingerprint density at radius 2 is 2.13 bits per heavy atom. The van der Waals surface area contributed by atoms with E-state index in [0.717, 1.165) is 24.2 Å². The van der Waals surface area contributed by atoms with Crippen LogP contribution in [0, 0.1) is 6.92 Å². The molecule has 0 atom stereocenters. The number of carbonyl (C=O) groups is 1. The van der Waals surface area contributed by atoms with E-state index in [0.29, 0.717) is 6.54 Å². The molecule has 2 aromatic rings. The third-order valence-electron chi connectivity index (χ3n) is 3.25. The van der Waals surface area contributed by atoms with Crippen LogP contribution in [0.2, 0.25) is 0 Å². The number of nitrogens with zero attached hydrogens (tertiary/aromatic N) is 1. The third-order valence-corrected chi connectivity index (χ3v) is 3.25. The zero-order valence-electron chi connectivity index (χ0n) is 14.2. The predicted molar refractivity (Wildman–Crippen MR) is 89.2 cm³/mol. The molecule has 0 saturated heterocycles. The molecule has 0 radical (unpaired) electrons. The molecule has 124 valence electrons. The number of benzene rings is 1. The minimum Gasteiger partial charge on any atom is -0.444 e. The summed E-state index contributed by atoms with van der Waals surface area (Å²) in [5.41, 5.74) is 2.94. The number of hydrogen-bond donors (Lipinski definition) is 1. The second-order valence-electron chi connectivity index (χ2n) is 6.56. The van der Waals surface area contributed by atoms with E-state index in [2.05, 4.69) is 28.5 Å². The average molecular weight is 316 g/mol. The first-order valence-electron chi connectivity index (χ1n) is 7.80. The molecule has 0 bridgehead atoms. The molecule has 0 aliphatic carbocycles. The van der Waals surface area contributed by atoms with Gasteiger partial charge in [-0.15, -0.1) is 0 Å². The normalized spacial score (nSPS) is 11.3. The van der Waals surface area contributed by atoms with E-state index in [-0.39, 0.29) is 6.09 Å². The molecular formula is C18H24N2O3. The standard InChI is InChI=1S/C18H24N2O3/c1-13-7-8-14(15(10-13)16-11-19-12-22-16)6-5-9-20-17(21)23-18(2,3)4/h7-8,10-12H,5-6,9H2,1-4H3,(H,20,21). The van der Waals surface area contributed by atoms with E-state index >= 15 is 0 Å². The molecule has 0 unspecified atom stereocenters. The molecule has 1 N–H and O–H groups in total. The van der Waals surface area contributed by atoms with Gasteiger partial charge in [-0.2, -0.15) is 0 Å². The van der Waals surface area contributed by atoms with Crippen LogP contribution in [0.1, 0.15) is 38.3 Å². The minimum atomic E-state index is -0.472. The number of hydrogen-bond acceptors (Lipinski definition) is 4. The van der Waals surface area contributed by atoms with Gasteiger partial charge >= 0.3 is 6.09 Å². The van der Waals surface area contributed by atoms with Crippen molar-refractivity contribution in [3.63, 3.8) is 0 Å². The van der Waals surface area contributed by atoms with Crippen LogP contribution in [0.4, 0.5) is 4.79 Å². The van der Waals surface area contributed by atoms with Crippen LogP contribution in [-0.4, -0.2) is 23.2 Å². The lowest BCUT2D eigenvalue weighted by molar-refractivity contribution is 0.0527. The molecule has 1 aromatic carbocycles. The van der Waals surface area contributed by atoms with Crippen molar-refractivity contribution in [1.82, 2.24) is 10.3 Å². The van der Waals surface area contributed by atoms with Gasteiger partial charge in [-0.3, -0.25) is 0 Å². The van der Waals surface area contributed by atoms with Crippen molar-refractivity contribution < 1.29 is 13.9 Å². The minimum absolute atomic E-state index is 0.378. The fraction of sp³-hybridized carbons (Fsp3) is 0.444. The van der Waals surface area contributed by atoms with Gasteiger partial charge in [0.2, 0.25) is 0 Å². The molecule has 5 heteroatoms. The maximum atomic E-state index is 11.6. The summed E-state index contributed by atoms with van der Waals surface area (Å²) in [6.07, 6.45) is 4.44. The summed E-state index contributed by atoms with van der Waals surface area (Å²) < 4.78 is 10.6. The summed E-state index contributed by atoms with van der Waals surface area (Å²) in [7, 11) is 0. The number of nitrogens with one attached hydrogen (secondary N) is 1. The van der Waals surface area contributed by atoms with E-state index in [9.17, 15) is 4.79 Å². The van der Waals surface area contributed by atoms with Gasteiger partial charge in [0, 0.05) is 12.1 Å². The predicted octanol–water partition coefficient (Wildman–Crippen LogP) is 4.11. The van der Waals surface area contributed by atoms with Crippen molar-refractivity contribution in [3.05, 3.63) is 41.9 Å². The fourth-order valence-electron chi connectivity index (χ4n) is 2.27. The molecule has 0 fully saturated rings. The van der Waals surface area contributed by atoms with Crippen molar-refractivity contribution >= 4 is 6.09 Å². The van der Waals surface area contributed by atoms with Crippen LogP contribution >= 0.6 is 0 Å². The Hall–Kier alpha value is -2.30. The highest BCUT2D eigenvalue weighted by molar-refractivity contribution is 5.67. The number of carbonyl (C=O) groups excluding carboxylic acids is 1. The zero-order valence-corrected chi connectivity index (χ0v) is 14.2. The number of ether oxygens (including phenoxy) is 1. The molecular weight excluding hydrogens is 292 g/mol. The van der Waals surface area contributed by atoms with Crippen LogP contribution < -0.4 is 5.32 Å². The molecule has 0 aliphatic rings. The Labute approximate surface area is 137 Å². The molecule has 1 amide bonds. The van der Waals surface area contributed by atoms with Gasteiger partial charge < -0.3 is 14.5 Å². The number of amides is 1. The molecule has 1 heterocycles. The molecule has 2 rings (SSSR count). The fourth-order valence-corrected chi connectivity index (χ4v) is 2.27. The highest BCUT2D eigenvalue weighted by atomic mass is 16.6. The average Bonchev–Trinajstić information content (AvgIpc) is 2.97. The summed E-state index contributed by atoms with van der Waals surface area (Å²) in [5, 5.41) is 2.78. The molecule has 1 aromatic heterocycles. The first kappa shape index (κ1) is 17.1. The van der Waals surface area contributed by atoms with E-state index in [4.69, 9.17) is 9.15 Å². The van der Waals surface area contributed by atoms with Gasteiger partial charge in [0.25, 0.3) is 0 Å². The number of oxazole rings is 1. The SMILES string of the molecule is Cc1ccc(CCCNC(=O)OC(C)(C)C)c(-c2cnco2)c1. The Bertz CT molecular complexity index is 643. The maximum Gasteiger partial charge on any atom is 0.407 e. The Morgan fingerprint density at radius 1 is 1.35 bits per heavy atom. The molecule has 0 aliphatic heterocycles. The summed E-state index contributed by atoms with van der Waals surface area (Å²) in [6.45, 7) is 8.17. The summed E-state index contributed by atoms with van der Waals surface area (Å²) >= 11 is 0. The van der Waals surface area contributed by atoms with Crippen molar-refractivity contribution in [3.8, 4) is 11.3 Å². The molecule has 5 nitrogen and oxygen atoms in total. The number of rotatable bonds is 5. The van der Waals surface area contributed by atoms with Crippen LogP contribution in [0.3, 0.4) is 0 Å². The van der Waals surface area contributed by atoms with Gasteiger partial charge in [-0.25, -0.2) is 9.78 Å². The van der Waals surface area contributed by atoms with Crippen LogP contribution in [0.25, 0.3) is 11.3 Å². The van der Waals surface area contributed by atoms with Crippen molar-refractivity contribution in [1.29, 1.82) is 0 Å². The van der Waals surface area contributed by atoms with Gasteiger partial charge in [-0.05, 0) is 52.2 Å². The second kappa shape index (κ2) is 7.31. The summed E-state index contributed by atoms with van der Waals surface area (Å²) in [4.78, 5) is 15.6. The number of aromatic nitrogens is 1. The quantitative estimate of drug-likeness (QED) is 0.843. The zero-order chi connectivity index (χ0) is 16.9. The second-order valence-corrected chi connectivity index (χ2v) is 6.56. The monoisotopic (exact) mass is 316 g/mol. The van der Waals surface area contributed by atoms with Gasteiger partial charge in [-0.1, -0.05) is 17.7 Å². The van der Waals surface area contributed by atoms with Crippen molar-refractivity contribution in [2.45, 2.75) is 46.1 Å². The van der Waals surface area contributed by atoms with Crippen LogP contribution in [0.15, 0.2) is 35.2 Å². The highest BCUT2D eigenvalue weighted by Gasteiger charge is 2.15. The third kappa shape index (κ3) is 5.43. The Kier molecular flexibility index (Phi) is 5.42. The highest BCUT2D eigenvalue weighted by Crippen LogP contribution is 2.25. The van der Waals surface area contributed by atoms with Gasteiger partial charge in [0.05, 0.1) is 6.20 Å². The van der Waals surface area contributed by atoms with Crippen molar-refractivity contribution in [2.75, 3.05) is 6.54 Å². The van der Waals surface area contributed by atoms with E-state index in [1.54, 1.807) is 6.20 Å². The first-order chi connectivity index (χ1) is 10.8. The lowest BCUT2D eigenvalue weighted by Crippen LogP contribution is -2.33. The van der Waals surface area contributed by atoms with Gasteiger partial charge in [0.1, 0.15) is 5.60 Å². The Morgan fingerprint density at radius 3 is 2.78 bits per heavy atom. The van der Waals surface area contributed by atoms with E-state index in [1.165, 1.54) is 17.5 Å². The first-order valence-corrected chi connectivity index (χ1v) is 7.80. The summed E-state index contributed by atoms with van der Waals surface area (Å²) in [6, 6.07) is 6.27. The number of aryl methyl sites for hydroxylation is 2. The number of alkyl carbamates (subject to hydrolysis) is 1. The lowest BCUT2D eigenvalue weighted by Gasteiger charge is -2.19. The smallest absolute Gasteiger partial charge is 0.407 e. The van der Waals surface area contributed by atoms with Crippen LogP contribution in [0.5, 0.6) is 0 Å². The molecule has 0 saturated carbocycles. The van der Waals surface area contributed by atoms with Gasteiger partial charge in [0.15, 0.2) is 12.2 Å². The van der Waals surface area contributed by atoms with Crippen LogP contribution in [-0.2, 0) is 11.2 Å². The lowest BCUT2D eigenvalue weighted by atomic mass is 9.99. The topological polar surface area (TPSA) is 64.4 Å². The molecule has 23 heavy (non-hydrogen) atoms. The largest absolute Gasteiger partial charge is 0.444 e. The Balaban J connectivity index is 1.90. The van der Waals surface area contributed by atoms with E-state index < -0.39 is 5.60 Å². The summed E-state index contributed by atoms with van der Waals surface area (Å²) in [5.74, 6) is 0.767. The molecule has 0 spiro atoms. The maximum absolute atomic E-state index is 11.6. The van der Waals surface area contributed by atoms with Crippen molar-refractivity contribution in [2.24, 2.45) is 0 Å². The van der Waals surface area contributed by atoms with E-state index in [1.807, 2.05) is 27.7 Å².